The molecule has 1 aromatic carbocycles. The van der Waals surface area contributed by atoms with Crippen molar-refractivity contribution < 1.29 is 0 Å². The van der Waals surface area contributed by atoms with Gasteiger partial charge in [-0.1, -0.05) is 61.0 Å². The lowest BCUT2D eigenvalue weighted by Gasteiger charge is -2.26. The number of hydrogen-bond acceptors (Lipinski definition) is 1. The molecule has 1 nitrogen and oxygen atoms in total. The van der Waals surface area contributed by atoms with Crippen LogP contribution in [0.5, 0.6) is 0 Å². The van der Waals surface area contributed by atoms with E-state index in [1.807, 2.05) is 12.1 Å². The molecule has 1 aromatic rings. The highest BCUT2D eigenvalue weighted by molar-refractivity contribution is 6.42. The van der Waals surface area contributed by atoms with Gasteiger partial charge in [0.05, 0.1) is 10.0 Å². The van der Waals surface area contributed by atoms with Crippen LogP contribution in [0.15, 0.2) is 18.2 Å². The van der Waals surface area contributed by atoms with Gasteiger partial charge in [0.25, 0.3) is 0 Å². The van der Waals surface area contributed by atoms with Crippen LogP contribution in [0, 0.1) is 5.92 Å². The first-order chi connectivity index (χ1) is 9.22. The third kappa shape index (κ3) is 4.11. The van der Waals surface area contributed by atoms with Crippen LogP contribution in [0.3, 0.4) is 0 Å². The van der Waals surface area contributed by atoms with Gasteiger partial charge in [-0.3, -0.25) is 0 Å². The molecule has 0 radical (unpaired) electrons. The maximum absolute atomic E-state index is 6.31. The molecular weight excluding hydrogens is 277 g/mol. The molecule has 19 heavy (non-hydrogen) atoms. The third-order valence-corrected chi connectivity index (χ3v) is 5.17. The summed E-state index contributed by atoms with van der Waals surface area (Å²) in [5.41, 5.74) is 1.16. The first kappa shape index (κ1) is 15.2. The Morgan fingerprint density at radius 2 is 1.84 bits per heavy atom. The van der Waals surface area contributed by atoms with Gasteiger partial charge in [-0.15, -0.1) is 0 Å². The standard InChI is InChI=1S/C16H23Cl2N/c1-19-15(12-7-4-2-3-5-8-12)11-13-9-6-10-14(17)16(13)18/h6,9-10,12,15,19H,2-5,7-8,11H2,1H3. The van der Waals surface area contributed by atoms with Crippen molar-refractivity contribution in [3.8, 4) is 0 Å². The minimum absolute atomic E-state index is 0.508. The highest BCUT2D eigenvalue weighted by atomic mass is 35.5. The molecule has 106 valence electrons. The molecule has 1 fully saturated rings. The summed E-state index contributed by atoms with van der Waals surface area (Å²) in [5, 5.41) is 4.88. The van der Waals surface area contributed by atoms with Crippen LogP contribution >= 0.6 is 23.2 Å². The zero-order chi connectivity index (χ0) is 13.7. The van der Waals surface area contributed by atoms with Crippen molar-refractivity contribution >= 4 is 23.2 Å². The second kappa shape index (κ2) is 7.52. The van der Waals surface area contributed by atoms with E-state index in [0.29, 0.717) is 11.1 Å². The Morgan fingerprint density at radius 1 is 1.16 bits per heavy atom. The Bertz CT molecular complexity index is 398. The molecule has 0 saturated heterocycles. The number of halogens is 2. The molecule has 0 bridgehead atoms. The molecular formula is C16H23Cl2N. The minimum Gasteiger partial charge on any atom is -0.316 e. The molecule has 1 aliphatic carbocycles. The number of benzene rings is 1. The van der Waals surface area contributed by atoms with Crippen LogP contribution in [-0.4, -0.2) is 13.1 Å². The highest BCUT2D eigenvalue weighted by Crippen LogP contribution is 2.30. The fourth-order valence-electron chi connectivity index (χ4n) is 3.16. The van der Waals surface area contributed by atoms with Gasteiger partial charge in [0.1, 0.15) is 0 Å². The fourth-order valence-corrected chi connectivity index (χ4v) is 3.56. The van der Waals surface area contributed by atoms with E-state index >= 15 is 0 Å². The summed E-state index contributed by atoms with van der Waals surface area (Å²) < 4.78 is 0. The zero-order valence-corrected chi connectivity index (χ0v) is 13.1. The van der Waals surface area contributed by atoms with Gasteiger partial charge < -0.3 is 5.32 Å². The summed E-state index contributed by atoms with van der Waals surface area (Å²) in [6.07, 6.45) is 9.17. The fraction of sp³-hybridized carbons (Fsp3) is 0.625. The Balaban J connectivity index is 2.07. The topological polar surface area (TPSA) is 12.0 Å². The van der Waals surface area contributed by atoms with E-state index in [0.717, 1.165) is 22.9 Å². The number of likely N-dealkylation sites (N-methyl/N-ethyl adjacent to an activating group) is 1. The summed E-state index contributed by atoms with van der Waals surface area (Å²) >= 11 is 12.4. The van der Waals surface area contributed by atoms with Gasteiger partial charge in [0.2, 0.25) is 0 Å². The summed E-state index contributed by atoms with van der Waals surface area (Å²) in [4.78, 5) is 0. The van der Waals surface area contributed by atoms with Crippen LogP contribution in [0.1, 0.15) is 44.1 Å². The van der Waals surface area contributed by atoms with Crippen molar-refractivity contribution in [3.63, 3.8) is 0 Å². The average molecular weight is 300 g/mol. The predicted octanol–water partition coefficient (Wildman–Crippen LogP) is 5.09. The van der Waals surface area contributed by atoms with E-state index in [-0.39, 0.29) is 0 Å². The Hall–Kier alpha value is -0.240. The highest BCUT2D eigenvalue weighted by Gasteiger charge is 2.22. The first-order valence-electron chi connectivity index (χ1n) is 7.32. The molecule has 3 heteroatoms. The van der Waals surface area contributed by atoms with Crippen LogP contribution in [0.25, 0.3) is 0 Å². The molecule has 1 N–H and O–H groups in total. The van der Waals surface area contributed by atoms with Crippen molar-refractivity contribution in [3.05, 3.63) is 33.8 Å². The van der Waals surface area contributed by atoms with Crippen LogP contribution < -0.4 is 5.32 Å². The summed E-state index contributed by atoms with van der Waals surface area (Å²) in [6, 6.07) is 6.44. The van der Waals surface area contributed by atoms with Crippen LogP contribution in [0.4, 0.5) is 0 Å². The molecule has 1 saturated carbocycles. The van der Waals surface area contributed by atoms with E-state index < -0.39 is 0 Å². The van der Waals surface area contributed by atoms with E-state index in [9.17, 15) is 0 Å². The molecule has 2 rings (SSSR count). The monoisotopic (exact) mass is 299 g/mol. The first-order valence-corrected chi connectivity index (χ1v) is 8.08. The molecule has 0 aromatic heterocycles. The Morgan fingerprint density at radius 3 is 2.47 bits per heavy atom. The summed E-state index contributed by atoms with van der Waals surface area (Å²) in [6.45, 7) is 0. The van der Waals surface area contributed by atoms with Crippen molar-refractivity contribution in [1.82, 2.24) is 5.32 Å². The molecule has 1 unspecified atom stereocenters. The second-order valence-corrected chi connectivity index (χ2v) is 6.35. The van der Waals surface area contributed by atoms with Gasteiger partial charge in [-0.05, 0) is 43.9 Å². The van der Waals surface area contributed by atoms with Crippen molar-refractivity contribution in [1.29, 1.82) is 0 Å². The van der Waals surface area contributed by atoms with Gasteiger partial charge in [0.15, 0.2) is 0 Å². The SMILES string of the molecule is CNC(Cc1cccc(Cl)c1Cl)C1CCCCCC1. The maximum Gasteiger partial charge on any atom is 0.0624 e. The normalized spacial score (nSPS) is 19.1. The molecule has 1 aliphatic rings. The molecule has 1 atom stereocenters. The maximum atomic E-state index is 6.31. The Labute approximate surface area is 126 Å². The number of hydrogen-bond donors (Lipinski definition) is 1. The van der Waals surface area contributed by atoms with Gasteiger partial charge >= 0.3 is 0 Å². The van der Waals surface area contributed by atoms with Crippen molar-refractivity contribution in [2.45, 2.75) is 51.0 Å². The number of nitrogens with one attached hydrogen (secondary N) is 1. The van der Waals surface area contributed by atoms with Gasteiger partial charge in [-0.25, -0.2) is 0 Å². The van der Waals surface area contributed by atoms with Crippen LogP contribution in [-0.2, 0) is 6.42 Å². The van der Waals surface area contributed by atoms with Gasteiger partial charge in [-0.2, -0.15) is 0 Å². The zero-order valence-electron chi connectivity index (χ0n) is 11.6. The molecule has 0 amide bonds. The van der Waals surface area contributed by atoms with Gasteiger partial charge in [0, 0.05) is 6.04 Å². The third-order valence-electron chi connectivity index (χ3n) is 4.31. The lowest BCUT2D eigenvalue weighted by atomic mass is 9.88. The lowest BCUT2D eigenvalue weighted by Crippen LogP contribution is -2.35. The minimum atomic E-state index is 0.508. The molecule has 0 aliphatic heterocycles. The summed E-state index contributed by atoms with van der Waals surface area (Å²) in [7, 11) is 2.06. The van der Waals surface area contributed by atoms with E-state index in [1.54, 1.807) is 0 Å². The number of rotatable bonds is 4. The predicted molar refractivity (Wildman–Crippen MR) is 84.2 cm³/mol. The average Bonchev–Trinajstić information content (AvgIpc) is 2.69. The van der Waals surface area contributed by atoms with E-state index in [4.69, 9.17) is 23.2 Å². The van der Waals surface area contributed by atoms with E-state index in [2.05, 4.69) is 18.4 Å². The quantitative estimate of drug-likeness (QED) is 0.763. The second-order valence-electron chi connectivity index (χ2n) is 5.56. The largest absolute Gasteiger partial charge is 0.316 e. The van der Waals surface area contributed by atoms with Crippen molar-refractivity contribution in [2.75, 3.05) is 7.05 Å². The summed E-state index contributed by atoms with van der Waals surface area (Å²) in [5.74, 6) is 0.766. The van der Waals surface area contributed by atoms with Crippen molar-refractivity contribution in [2.24, 2.45) is 5.92 Å². The Kier molecular flexibility index (Phi) is 6.00. The lowest BCUT2D eigenvalue weighted by molar-refractivity contribution is 0.332. The van der Waals surface area contributed by atoms with Crippen LogP contribution in [0.2, 0.25) is 10.0 Å². The molecule has 0 heterocycles. The molecule has 0 spiro atoms. The smallest absolute Gasteiger partial charge is 0.0624 e. The van der Waals surface area contributed by atoms with E-state index in [1.165, 1.54) is 38.5 Å².